The molecule has 0 aromatic heterocycles. The molecule has 88 valence electrons. The Morgan fingerprint density at radius 2 is 2.25 bits per heavy atom. The number of rotatable bonds is 6. The summed E-state index contributed by atoms with van der Waals surface area (Å²) in [5, 5.41) is 0. The van der Waals surface area contributed by atoms with Crippen LogP contribution in [0.15, 0.2) is 24.3 Å². The van der Waals surface area contributed by atoms with Crippen LogP contribution in [0, 0.1) is 0 Å². The zero-order chi connectivity index (χ0) is 12.0. The lowest BCUT2D eigenvalue weighted by molar-refractivity contribution is -0.124. The summed E-state index contributed by atoms with van der Waals surface area (Å²) in [4.78, 5) is 11.0. The van der Waals surface area contributed by atoms with E-state index in [0.717, 1.165) is 5.56 Å². The van der Waals surface area contributed by atoms with E-state index in [9.17, 15) is 4.79 Å². The Morgan fingerprint density at radius 1 is 1.50 bits per heavy atom. The van der Waals surface area contributed by atoms with Crippen LogP contribution in [-0.4, -0.2) is 19.1 Å². The van der Waals surface area contributed by atoms with Crippen LogP contribution in [0.2, 0.25) is 0 Å². The fourth-order valence-corrected chi connectivity index (χ4v) is 1.38. The molecule has 0 fully saturated rings. The Kier molecular flexibility index (Phi) is 4.79. The van der Waals surface area contributed by atoms with Crippen LogP contribution < -0.4 is 10.5 Å². The Labute approximate surface area is 95.3 Å². The van der Waals surface area contributed by atoms with Gasteiger partial charge in [-0.25, -0.2) is 0 Å². The Morgan fingerprint density at radius 3 is 2.81 bits per heavy atom. The summed E-state index contributed by atoms with van der Waals surface area (Å²) in [5.74, 6) is 0.194. The topological polar surface area (TPSA) is 61.6 Å². The first-order chi connectivity index (χ1) is 7.67. The molecule has 0 heterocycles. The van der Waals surface area contributed by atoms with Crippen LogP contribution >= 0.6 is 0 Å². The van der Waals surface area contributed by atoms with Gasteiger partial charge in [0, 0.05) is 7.11 Å². The monoisotopic (exact) mass is 223 g/mol. The van der Waals surface area contributed by atoms with E-state index in [-0.39, 0.29) is 0 Å². The number of amides is 1. The first-order valence-corrected chi connectivity index (χ1v) is 5.21. The lowest BCUT2D eigenvalue weighted by Crippen LogP contribution is -2.32. The van der Waals surface area contributed by atoms with Gasteiger partial charge in [0.25, 0.3) is 5.91 Å². The molecule has 0 aliphatic carbocycles. The van der Waals surface area contributed by atoms with Crippen molar-refractivity contribution in [3.63, 3.8) is 0 Å². The van der Waals surface area contributed by atoms with E-state index in [1.54, 1.807) is 13.2 Å². The van der Waals surface area contributed by atoms with Gasteiger partial charge in [-0.1, -0.05) is 19.1 Å². The van der Waals surface area contributed by atoms with Crippen molar-refractivity contribution in [2.45, 2.75) is 26.1 Å². The van der Waals surface area contributed by atoms with Gasteiger partial charge in [-0.05, 0) is 24.1 Å². The third-order valence-corrected chi connectivity index (χ3v) is 2.18. The summed E-state index contributed by atoms with van der Waals surface area (Å²) in [6.45, 7) is 2.37. The molecule has 4 heteroatoms. The molecule has 0 aliphatic heterocycles. The molecule has 1 rings (SSSR count). The van der Waals surface area contributed by atoms with Crippen LogP contribution in [0.5, 0.6) is 5.75 Å². The van der Waals surface area contributed by atoms with E-state index in [1.807, 2.05) is 25.1 Å². The molecule has 1 atom stereocenters. The molecule has 0 saturated heterocycles. The van der Waals surface area contributed by atoms with Gasteiger partial charge in [0.05, 0.1) is 6.61 Å². The highest BCUT2D eigenvalue weighted by Gasteiger charge is 2.14. The van der Waals surface area contributed by atoms with Crippen LogP contribution in [0.25, 0.3) is 0 Å². The third kappa shape index (κ3) is 3.55. The second-order valence-electron chi connectivity index (χ2n) is 3.50. The van der Waals surface area contributed by atoms with Gasteiger partial charge in [-0.15, -0.1) is 0 Å². The predicted molar refractivity (Wildman–Crippen MR) is 61.1 cm³/mol. The van der Waals surface area contributed by atoms with E-state index < -0.39 is 12.0 Å². The number of primary amides is 1. The number of carbonyl (C=O) groups excluding carboxylic acids is 1. The van der Waals surface area contributed by atoms with Crippen LogP contribution in [0.3, 0.4) is 0 Å². The number of hydrogen-bond donors (Lipinski definition) is 1. The van der Waals surface area contributed by atoms with E-state index in [1.165, 1.54) is 0 Å². The van der Waals surface area contributed by atoms with Gasteiger partial charge in [-0.2, -0.15) is 0 Å². The van der Waals surface area contributed by atoms with E-state index in [0.29, 0.717) is 18.8 Å². The fraction of sp³-hybridized carbons (Fsp3) is 0.417. The molecule has 0 aliphatic rings. The minimum Gasteiger partial charge on any atom is -0.481 e. The van der Waals surface area contributed by atoms with Crippen LogP contribution in [0.4, 0.5) is 0 Å². The molecule has 16 heavy (non-hydrogen) atoms. The molecule has 4 nitrogen and oxygen atoms in total. The van der Waals surface area contributed by atoms with Crippen molar-refractivity contribution in [1.82, 2.24) is 0 Å². The van der Waals surface area contributed by atoms with Crippen molar-refractivity contribution < 1.29 is 14.3 Å². The predicted octanol–water partition coefficient (Wildman–Crippen LogP) is 1.48. The Hall–Kier alpha value is -1.55. The standard InChI is InChI=1S/C12H17NO3/c1-3-11(12(13)14)16-10-6-4-5-9(7-10)8-15-2/h4-7,11H,3,8H2,1-2H3,(H2,13,14). The van der Waals surface area contributed by atoms with E-state index in [4.69, 9.17) is 15.2 Å². The summed E-state index contributed by atoms with van der Waals surface area (Å²) in [5.41, 5.74) is 6.20. The molecule has 1 aromatic rings. The van der Waals surface area contributed by atoms with E-state index >= 15 is 0 Å². The minimum atomic E-state index is -0.571. The molecule has 0 spiro atoms. The smallest absolute Gasteiger partial charge is 0.258 e. The molecule has 1 aromatic carbocycles. The summed E-state index contributed by atoms with van der Waals surface area (Å²) in [6.07, 6.45) is -0.0121. The van der Waals surface area contributed by atoms with Crippen molar-refractivity contribution >= 4 is 5.91 Å². The lowest BCUT2D eigenvalue weighted by Gasteiger charge is -2.14. The molecule has 1 amide bonds. The highest BCUT2D eigenvalue weighted by atomic mass is 16.5. The molecular weight excluding hydrogens is 206 g/mol. The molecule has 0 bridgehead atoms. The van der Waals surface area contributed by atoms with Crippen LogP contribution in [-0.2, 0) is 16.1 Å². The molecule has 0 saturated carbocycles. The van der Waals surface area contributed by atoms with Crippen molar-refractivity contribution in [3.05, 3.63) is 29.8 Å². The summed E-state index contributed by atoms with van der Waals surface area (Å²) < 4.78 is 10.5. The zero-order valence-electron chi connectivity index (χ0n) is 9.60. The maximum Gasteiger partial charge on any atom is 0.258 e. The number of carbonyl (C=O) groups is 1. The largest absolute Gasteiger partial charge is 0.481 e. The summed E-state index contributed by atoms with van der Waals surface area (Å²) >= 11 is 0. The SMILES string of the molecule is CCC(Oc1cccc(COC)c1)C(N)=O. The van der Waals surface area contributed by atoms with Crippen molar-refractivity contribution in [2.24, 2.45) is 5.73 Å². The number of benzene rings is 1. The quantitative estimate of drug-likeness (QED) is 0.794. The highest BCUT2D eigenvalue weighted by Crippen LogP contribution is 2.16. The van der Waals surface area contributed by atoms with Gasteiger partial charge in [0.15, 0.2) is 6.10 Å². The second kappa shape index (κ2) is 6.12. The number of hydrogen-bond acceptors (Lipinski definition) is 3. The normalized spacial score (nSPS) is 12.1. The first-order valence-electron chi connectivity index (χ1n) is 5.21. The fourth-order valence-electron chi connectivity index (χ4n) is 1.38. The van der Waals surface area contributed by atoms with Gasteiger partial charge < -0.3 is 15.2 Å². The van der Waals surface area contributed by atoms with Gasteiger partial charge in [0.2, 0.25) is 0 Å². The maximum atomic E-state index is 11.0. The summed E-state index contributed by atoms with van der Waals surface area (Å²) in [7, 11) is 1.63. The maximum absolute atomic E-state index is 11.0. The van der Waals surface area contributed by atoms with Gasteiger partial charge in [-0.3, -0.25) is 4.79 Å². The molecule has 2 N–H and O–H groups in total. The first kappa shape index (κ1) is 12.5. The number of nitrogens with two attached hydrogens (primary N) is 1. The second-order valence-corrected chi connectivity index (χ2v) is 3.50. The summed E-state index contributed by atoms with van der Waals surface area (Å²) in [6, 6.07) is 7.43. The molecule has 1 unspecified atom stereocenters. The van der Waals surface area contributed by atoms with Crippen molar-refractivity contribution in [2.75, 3.05) is 7.11 Å². The average Bonchev–Trinajstić information content (AvgIpc) is 2.26. The lowest BCUT2D eigenvalue weighted by atomic mass is 10.2. The van der Waals surface area contributed by atoms with Gasteiger partial charge >= 0.3 is 0 Å². The number of ether oxygens (including phenoxy) is 2. The minimum absolute atomic E-state index is 0.445. The average molecular weight is 223 g/mol. The van der Waals surface area contributed by atoms with Crippen LogP contribution in [0.1, 0.15) is 18.9 Å². The van der Waals surface area contributed by atoms with Crippen molar-refractivity contribution in [3.8, 4) is 5.75 Å². The Bertz CT molecular complexity index is 352. The number of methoxy groups -OCH3 is 1. The molecule has 0 radical (unpaired) electrons. The van der Waals surface area contributed by atoms with Gasteiger partial charge in [0.1, 0.15) is 5.75 Å². The Balaban J connectivity index is 2.72. The third-order valence-electron chi connectivity index (χ3n) is 2.18. The zero-order valence-corrected chi connectivity index (χ0v) is 9.60. The molecular formula is C12H17NO3. The van der Waals surface area contributed by atoms with E-state index in [2.05, 4.69) is 0 Å². The highest BCUT2D eigenvalue weighted by molar-refractivity contribution is 5.79. The van der Waals surface area contributed by atoms with Crippen molar-refractivity contribution in [1.29, 1.82) is 0 Å².